The number of nitro benzene ring substituents is 1. The van der Waals surface area contributed by atoms with Crippen LogP contribution in [-0.4, -0.2) is 99.8 Å². The van der Waals surface area contributed by atoms with E-state index in [2.05, 4.69) is 10.6 Å². The maximum absolute atomic E-state index is 13.0. The summed E-state index contributed by atoms with van der Waals surface area (Å²) in [4.78, 5) is 48.7. The topological polar surface area (TPSA) is 236 Å². The van der Waals surface area contributed by atoms with Crippen LogP contribution < -0.4 is 15.4 Å². The summed E-state index contributed by atoms with van der Waals surface area (Å²) in [6, 6.07) is 1.37. The largest absolute Gasteiger partial charge is 0.467 e. The SMILES string of the molecule is COC(=O)[C@H](CC(C)C)NC(=O)[C@H](CC(C)C)NC(=O)OCc1cc(O[C@@H]2O[C@H](CO)[C@@H](O)[C@H](O)[C@H]2O)ccc1[N+](=O)[O-]. The number of nitro groups is 1. The van der Waals surface area contributed by atoms with Gasteiger partial charge in [0.05, 0.1) is 24.2 Å². The molecule has 43 heavy (non-hydrogen) atoms. The first-order valence-corrected chi connectivity index (χ1v) is 13.7. The van der Waals surface area contributed by atoms with Gasteiger partial charge in [-0.15, -0.1) is 0 Å². The smallest absolute Gasteiger partial charge is 0.408 e. The number of ether oxygens (including phenoxy) is 4. The minimum absolute atomic E-state index is 0.0462. The van der Waals surface area contributed by atoms with Crippen molar-refractivity contribution in [2.75, 3.05) is 13.7 Å². The quantitative estimate of drug-likeness (QED) is 0.0927. The molecular weight excluding hydrogens is 574 g/mol. The Hall–Kier alpha value is -3.57. The zero-order valence-electron chi connectivity index (χ0n) is 24.7. The van der Waals surface area contributed by atoms with Crippen LogP contribution >= 0.6 is 0 Å². The van der Waals surface area contributed by atoms with Crippen molar-refractivity contribution >= 4 is 23.7 Å². The first kappa shape index (κ1) is 35.6. The molecule has 1 aliphatic heterocycles. The molecule has 2 rings (SSSR count). The summed E-state index contributed by atoms with van der Waals surface area (Å²) in [5.41, 5.74) is -0.546. The molecule has 1 aliphatic rings. The third-order valence-electron chi connectivity index (χ3n) is 6.53. The Morgan fingerprint density at radius 3 is 2.19 bits per heavy atom. The van der Waals surface area contributed by atoms with E-state index < -0.39 is 84.6 Å². The van der Waals surface area contributed by atoms with E-state index in [0.717, 1.165) is 12.1 Å². The summed E-state index contributed by atoms with van der Waals surface area (Å²) >= 11 is 0. The second-order valence-electron chi connectivity index (χ2n) is 11.0. The molecule has 1 aromatic rings. The van der Waals surface area contributed by atoms with Crippen molar-refractivity contribution in [3.63, 3.8) is 0 Å². The number of hydrogen-bond acceptors (Lipinski definition) is 13. The molecule has 0 aromatic heterocycles. The predicted molar refractivity (Wildman–Crippen MR) is 147 cm³/mol. The fraction of sp³-hybridized carbons (Fsp3) is 0.667. The van der Waals surface area contributed by atoms with Crippen LogP contribution in [0.4, 0.5) is 10.5 Å². The molecule has 1 fully saturated rings. The van der Waals surface area contributed by atoms with Gasteiger partial charge in [0.25, 0.3) is 5.69 Å². The summed E-state index contributed by atoms with van der Waals surface area (Å²) in [5.74, 6) is -1.34. The summed E-state index contributed by atoms with van der Waals surface area (Å²) in [6.45, 7) is 6.07. The molecule has 6 N–H and O–H groups in total. The molecule has 1 heterocycles. The van der Waals surface area contributed by atoms with Gasteiger partial charge in [-0.1, -0.05) is 27.7 Å². The van der Waals surface area contributed by atoms with Crippen molar-refractivity contribution in [2.45, 2.75) is 89.9 Å². The molecule has 16 heteroatoms. The molecule has 0 bridgehead atoms. The van der Waals surface area contributed by atoms with E-state index in [1.54, 1.807) is 0 Å². The third-order valence-corrected chi connectivity index (χ3v) is 6.53. The van der Waals surface area contributed by atoms with Gasteiger partial charge < -0.3 is 50.0 Å². The minimum Gasteiger partial charge on any atom is -0.467 e. The number of nitrogens with zero attached hydrogens (tertiary/aromatic N) is 1. The molecular formula is C27H41N3O13. The Morgan fingerprint density at radius 2 is 1.63 bits per heavy atom. The number of benzene rings is 1. The normalized spacial score (nSPS) is 23.3. The van der Waals surface area contributed by atoms with Gasteiger partial charge in [-0.25, -0.2) is 9.59 Å². The van der Waals surface area contributed by atoms with Crippen LogP contribution in [0.25, 0.3) is 0 Å². The Labute approximate surface area is 248 Å². The monoisotopic (exact) mass is 615 g/mol. The van der Waals surface area contributed by atoms with Gasteiger partial charge in [0.1, 0.15) is 48.9 Å². The lowest BCUT2D eigenvalue weighted by molar-refractivity contribution is -0.385. The standard InChI is InChI=1S/C27H41N3O13/c1-13(2)8-17(24(35)28-18(9-14(3)4)25(36)40-5)29-27(37)41-12-15-10-16(6-7-19(15)30(38)39)42-26-23(34)22(33)21(32)20(11-31)43-26/h6-7,10,13-14,17-18,20-23,26,31-34H,8-9,11-12H2,1-5H3,(H,28,35)(H,29,37)/t17-,18-,20+,21+,22-,23+,26+/m0/s1. The lowest BCUT2D eigenvalue weighted by Crippen LogP contribution is -2.60. The van der Waals surface area contributed by atoms with Gasteiger partial charge in [-0.3, -0.25) is 14.9 Å². The molecule has 1 aromatic carbocycles. The highest BCUT2D eigenvalue weighted by Crippen LogP contribution is 2.29. The zero-order chi connectivity index (χ0) is 32.4. The Balaban J connectivity index is 2.15. The molecule has 0 aliphatic carbocycles. The maximum atomic E-state index is 13.0. The predicted octanol–water partition coefficient (Wildman–Crippen LogP) is 0.118. The van der Waals surface area contributed by atoms with Crippen LogP contribution in [0.5, 0.6) is 5.75 Å². The van der Waals surface area contributed by atoms with E-state index in [0.29, 0.717) is 6.42 Å². The molecule has 0 unspecified atom stereocenters. The number of nitrogens with one attached hydrogen (secondary N) is 2. The zero-order valence-corrected chi connectivity index (χ0v) is 24.7. The van der Waals surface area contributed by atoms with Crippen molar-refractivity contribution in [3.05, 3.63) is 33.9 Å². The fourth-order valence-corrected chi connectivity index (χ4v) is 4.36. The molecule has 0 radical (unpaired) electrons. The molecule has 1 saturated heterocycles. The number of carbonyl (C=O) groups excluding carboxylic acids is 3. The van der Waals surface area contributed by atoms with Gasteiger partial charge in [0, 0.05) is 6.07 Å². The summed E-state index contributed by atoms with van der Waals surface area (Å²) in [6.07, 6.45) is -8.38. The average molecular weight is 616 g/mol. The van der Waals surface area contributed by atoms with Crippen LogP contribution in [0, 0.1) is 22.0 Å². The number of alkyl carbamates (subject to hydrolysis) is 1. The third kappa shape index (κ3) is 10.3. The van der Waals surface area contributed by atoms with Crippen molar-refractivity contribution in [1.82, 2.24) is 10.6 Å². The highest BCUT2D eigenvalue weighted by molar-refractivity contribution is 5.89. The number of aliphatic hydroxyl groups is 4. The lowest BCUT2D eigenvalue weighted by Gasteiger charge is -2.39. The van der Waals surface area contributed by atoms with Gasteiger partial charge in [-0.05, 0) is 36.8 Å². The molecule has 242 valence electrons. The van der Waals surface area contributed by atoms with Crippen molar-refractivity contribution in [2.24, 2.45) is 11.8 Å². The number of hydrogen-bond donors (Lipinski definition) is 6. The average Bonchev–Trinajstić information content (AvgIpc) is 2.94. The maximum Gasteiger partial charge on any atom is 0.408 e. The van der Waals surface area contributed by atoms with E-state index in [1.807, 2.05) is 27.7 Å². The first-order chi connectivity index (χ1) is 20.2. The van der Waals surface area contributed by atoms with Crippen LogP contribution in [0.15, 0.2) is 18.2 Å². The van der Waals surface area contributed by atoms with Crippen molar-refractivity contribution in [1.29, 1.82) is 0 Å². The second-order valence-corrected chi connectivity index (χ2v) is 11.0. The second kappa shape index (κ2) is 16.3. The summed E-state index contributed by atoms with van der Waals surface area (Å²) in [7, 11) is 1.20. The highest BCUT2D eigenvalue weighted by Gasteiger charge is 2.44. The molecule has 0 spiro atoms. The number of rotatable bonds is 14. The first-order valence-electron chi connectivity index (χ1n) is 13.7. The van der Waals surface area contributed by atoms with Gasteiger partial charge >= 0.3 is 12.1 Å². The van der Waals surface area contributed by atoms with E-state index in [-0.39, 0.29) is 29.6 Å². The van der Waals surface area contributed by atoms with E-state index in [1.165, 1.54) is 13.2 Å². The Kier molecular flexibility index (Phi) is 13.5. The fourth-order valence-electron chi connectivity index (χ4n) is 4.36. The number of carbonyl (C=O) groups is 3. The highest BCUT2D eigenvalue weighted by atomic mass is 16.7. The van der Waals surface area contributed by atoms with E-state index in [4.69, 9.17) is 18.9 Å². The molecule has 2 amide bonds. The van der Waals surface area contributed by atoms with Crippen LogP contribution in [0.2, 0.25) is 0 Å². The Morgan fingerprint density at radius 1 is 1.00 bits per heavy atom. The van der Waals surface area contributed by atoms with E-state index in [9.17, 15) is 44.9 Å². The molecule has 16 nitrogen and oxygen atoms in total. The van der Waals surface area contributed by atoms with Crippen LogP contribution in [0.1, 0.15) is 46.1 Å². The molecule has 7 atom stereocenters. The number of methoxy groups -OCH3 is 1. The van der Waals surface area contributed by atoms with Crippen molar-refractivity contribution < 1.29 is 58.7 Å². The number of esters is 1. The Bertz CT molecular complexity index is 1110. The number of amides is 2. The minimum atomic E-state index is -1.72. The molecule has 0 saturated carbocycles. The van der Waals surface area contributed by atoms with Crippen LogP contribution in [0.3, 0.4) is 0 Å². The van der Waals surface area contributed by atoms with Gasteiger partial charge in [0.2, 0.25) is 12.2 Å². The number of aliphatic hydroxyl groups excluding tert-OH is 4. The van der Waals surface area contributed by atoms with Crippen molar-refractivity contribution in [3.8, 4) is 5.75 Å². The van der Waals surface area contributed by atoms with Gasteiger partial charge in [-0.2, -0.15) is 0 Å². The van der Waals surface area contributed by atoms with Crippen LogP contribution in [-0.2, 0) is 30.4 Å². The van der Waals surface area contributed by atoms with E-state index >= 15 is 0 Å². The summed E-state index contributed by atoms with van der Waals surface area (Å²) in [5, 5.41) is 56.1. The van der Waals surface area contributed by atoms with Gasteiger partial charge in [0.15, 0.2) is 0 Å². The lowest BCUT2D eigenvalue weighted by atomic mass is 9.99. The summed E-state index contributed by atoms with van der Waals surface area (Å²) < 4.78 is 20.8.